The largest absolute Gasteiger partial charge is 0.348 e. The second-order valence-electron chi connectivity index (χ2n) is 4.26. The highest BCUT2D eigenvalue weighted by Gasteiger charge is 2.11. The van der Waals surface area contributed by atoms with E-state index in [9.17, 15) is 9.18 Å². The van der Waals surface area contributed by atoms with Gasteiger partial charge in [0.15, 0.2) is 0 Å². The quantitative estimate of drug-likeness (QED) is 0.756. The van der Waals surface area contributed by atoms with Crippen LogP contribution >= 0.6 is 31.9 Å². The van der Waals surface area contributed by atoms with Crippen molar-refractivity contribution < 1.29 is 9.18 Å². The average molecular weight is 401 g/mol. The zero-order valence-corrected chi connectivity index (χ0v) is 13.7. The molecule has 0 aliphatic heterocycles. The van der Waals surface area contributed by atoms with E-state index < -0.39 is 11.7 Å². The summed E-state index contributed by atoms with van der Waals surface area (Å²) >= 11 is 6.54. The van der Waals surface area contributed by atoms with Gasteiger partial charge in [0, 0.05) is 16.3 Å². The molecule has 1 N–H and O–H groups in total. The summed E-state index contributed by atoms with van der Waals surface area (Å²) in [6, 6.07) is 12.2. The van der Waals surface area contributed by atoms with Gasteiger partial charge < -0.3 is 5.32 Å². The molecule has 2 aromatic rings. The summed E-state index contributed by atoms with van der Waals surface area (Å²) in [6.07, 6.45) is 0. The lowest BCUT2D eigenvalue weighted by atomic mass is 10.1. The molecule has 0 fully saturated rings. The molecular weight excluding hydrogens is 389 g/mol. The van der Waals surface area contributed by atoms with Gasteiger partial charge in [0.1, 0.15) is 5.82 Å². The SMILES string of the molecule is O=C(NCc1cccc(CBr)c1)c1ccc(Br)cc1F. The van der Waals surface area contributed by atoms with Crippen molar-refractivity contribution in [2.45, 2.75) is 11.9 Å². The monoisotopic (exact) mass is 399 g/mol. The molecule has 0 saturated heterocycles. The molecule has 0 unspecified atom stereocenters. The van der Waals surface area contributed by atoms with Crippen molar-refractivity contribution in [2.24, 2.45) is 0 Å². The predicted molar refractivity (Wildman–Crippen MR) is 84.3 cm³/mol. The standard InChI is InChI=1S/C15H12Br2FNO/c16-8-10-2-1-3-11(6-10)9-19-15(20)13-5-4-12(17)7-14(13)18/h1-7H,8-9H2,(H,19,20). The molecule has 2 nitrogen and oxygen atoms in total. The van der Waals surface area contributed by atoms with E-state index in [1.165, 1.54) is 12.1 Å². The van der Waals surface area contributed by atoms with Crippen LogP contribution in [0.1, 0.15) is 21.5 Å². The number of alkyl halides is 1. The third-order valence-corrected chi connectivity index (χ3v) is 3.92. The molecule has 2 rings (SSSR count). The van der Waals surface area contributed by atoms with Crippen molar-refractivity contribution in [3.8, 4) is 0 Å². The number of carbonyl (C=O) groups excluding carboxylic acids is 1. The molecule has 0 saturated carbocycles. The summed E-state index contributed by atoms with van der Waals surface area (Å²) in [6.45, 7) is 0.370. The van der Waals surface area contributed by atoms with E-state index in [-0.39, 0.29) is 5.56 Å². The van der Waals surface area contributed by atoms with Gasteiger partial charge in [-0.1, -0.05) is 56.1 Å². The first-order valence-electron chi connectivity index (χ1n) is 5.97. The number of halogens is 3. The maximum atomic E-state index is 13.6. The lowest BCUT2D eigenvalue weighted by molar-refractivity contribution is 0.0947. The van der Waals surface area contributed by atoms with Crippen molar-refractivity contribution >= 4 is 37.8 Å². The summed E-state index contributed by atoms with van der Waals surface area (Å²) < 4.78 is 14.3. The second kappa shape index (κ2) is 6.99. The van der Waals surface area contributed by atoms with Crippen molar-refractivity contribution in [2.75, 3.05) is 0 Å². The van der Waals surface area contributed by atoms with Gasteiger partial charge in [-0.25, -0.2) is 4.39 Å². The van der Waals surface area contributed by atoms with Gasteiger partial charge in [-0.15, -0.1) is 0 Å². The molecule has 0 aliphatic carbocycles. The summed E-state index contributed by atoms with van der Waals surface area (Å²) in [4.78, 5) is 11.9. The highest BCUT2D eigenvalue weighted by atomic mass is 79.9. The first-order valence-corrected chi connectivity index (χ1v) is 7.88. The number of benzene rings is 2. The second-order valence-corrected chi connectivity index (χ2v) is 5.74. The van der Waals surface area contributed by atoms with Crippen molar-refractivity contribution in [1.29, 1.82) is 0 Å². The highest BCUT2D eigenvalue weighted by Crippen LogP contribution is 2.15. The predicted octanol–water partition coefficient (Wildman–Crippen LogP) is 4.41. The first-order chi connectivity index (χ1) is 9.60. The minimum Gasteiger partial charge on any atom is -0.348 e. The Hall–Kier alpha value is -1.20. The summed E-state index contributed by atoms with van der Waals surface area (Å²) in [5.74, 6) is -0.953. The van der Waals surface area contributed by atoms with Crippen LogP contribution in [0.25, 0.3) is 0 Å². The van der Waals surface area contributed by atoms with Crippen LogP contribution in [0.5, 0.6) is 0 Å². The van der Waals surface area contributed by atoms with Crippen LogP contribution in [0.2, 0.25) is 0 Å². The molecule has 1 amide bonds. The van der Waals surface area contributed by atoms with E-state index in [1.54, 1.807) is 6.07 Å². The fourth-order valence-corrected chi connectivity index (χ4v) is 2.46. The maximum Gasteiger partial charge on any atom is 0.254 e. The Labute approximate surface area is 133 Å². The summed E-state index contributed by atoms with van der Waals surface area (Å²) in [5.41, 5.74) is 2.16. The highest BCUT2D eigenvalue weighted by molar-refractivity contribution is 9.10. The summed E-state index contributed by atoms with van der Waals surface area (Å²) in [5, 5.41) is 3.48. The Morgan fingerprint density at radius 1 is 1.15 bits per heavy atom. The van der Waals surface area contributed by atoms with Gasteiger partial charge in [-0.3, -0.25) is 4.79 Å². The van der Waals surface area contributed by atoms with Crippen LogP contribution in [0.15, 0.2) is 46.9 Å². The van der Waals surface area contributed by atoms with Gasteiger partial charge in [0.05, 0.1) is 5.56 Å². The Bertz CT molecular complexity index is 631. The normalized spacial score (nSPS) is 10.3. The van der Waals surface area contributed by atoms with E-state index in [0.717, 1.165) is 16.5 Å². The Kier molecular flexibility index (Phi) is 5.31. The van der Waals surface area contributed by atoms with Gasteiger partial charge >= 0.3 is 0 Å². The molecule has 104 valence electrons. The average Bonchev–Trinajstić information content (AvgIpc) is 2.45. The fraction of sp³-hybridized carbons (Fsp3) is 0.133. The molecule has 0 bridgehead atoms. The third kappa shape index (κ3) is 3.90. The number of hydrogen-bond acceptors (Lipinski definition) is 1. The van der Waals surface area contributed by atoms with Gasteiger partial charge in [-0.2, -0.15) is 0 Å². The molecule has 0 aliphatic rings. The molecule has 0 aromatic heterocycles. The fourth-order valence-electron chi connectivity index (χ4n) is 1.77. The van der Waals surface area contributed by atoms with Crippen molar-refractivity contribution in [1.82, 2.24) is 5.32 Å². The molecule has 20 heavy (non-hydrogen) atoms. The van der Waals surface area contributed by atoms with Crippen molar-refractivity contribution in [3.63, 3.8) is 0 Å². The Morgan fingerprint density at radius 3 is 2.60 bits per heavy atom. The molecule has 5 heteroatoms. The summed E-state index contributed by atoms with van der Waals surface area (Å²) in [7, 11) is 0. The molecular formula is C15H12Br2FNO. The van der Waals surface area contributed by atoms with E-state index in [2.05, 4.69) is 37.2 Å². The zero-order valence-electron chi connectivity index (χ0n) is 10.5. The van der Waals surface area contributed by atoms with Crippen molar-refractivity contribution in [3.05, 3.63) is 69.4 Å². The smallest absolute Gasteiger partial charge is 0.254 e. The van der Waals surface area contributed by atoms with E-state index in [4.69, 9.17) is 0 Å². The number of rotatable bonds is 4. The number of nitrogens with one attached hydrogen (secondary N) is 1. The van der Waals surface area contributed by atoms with Crippen LogP contribution in [0.4, 0.5) is 4.39 Å². The lowest BCUT2D eigenvalue weighted by Gasteiger charge is -2.07. The van der Waals surface area contributed by atoms with Crippen LogP contribution in [-0.4, -0.2) is 5.91 Å². The Morgan fingerprint density at radius 2 is 1.90 bits per heavy atom. The number of carbonyl (C=O) groups is 1. The topological polar surface area (TPSA) is 29.1 Å². The van der Waals surface area contributed by atoms with Gasteiger partial charge in [0.2, 0.25) is 0 Å². The third-order valence-electron chi connectivity index (χ3n) is 2.77. The molecule has 0 spiro atoms. The van der Waals surface area contributed by atoms with E-state index in [1.807, 2.05) is 24.3 Å². The van der Waals surface area contributed by atoms with E-state index in [0.29, 0.717) is 11.0 Å². The first kappa shape index (κ1) is 15.2. The van der Waals surface area contributed by atoms with Gasteiger partial charge in [0.25, 0.3) is 5.91 Å². The molecule has 0 atom stereocenters. The van der Waals surface area contributed by atoms with Crippen LogP contribution < -0.4 is 5.32 Å². The molecule has 0 radical (unpaired) electrons. The number of amides is 1. The molecule has 0 heterocycles. The Balaban J connectivity index is 2.04. The van der Waals surface area contributed by atoms with Crippen LogP contribution in [0.3, 0.4) is 0 Å². The van der Waals surface area contributed by atoms with Crippen LogP contribution in [0, 0.1) is 5.82 Å². The maximum absolute atomic E-state index is 13.6. The van der Waals surface area contributed by atoms with E-state index >= 15 is 0 Å². The number of hydrogen-bond donors (Lipinski definition) is 1. The minimum absolute atomic E-state index is 0.0462. The lowest BCUT2D eigenvalue weighted by Crippen LogP contribution is -2.23. The van der Waals surface area contributed by atoms with Gasteiger partial charge in [-0.05, 0) is 29.3 Å². The minimum atomic E-state index is -0.536. The zero-order chi connectivity index (χ0) is 14.5. The molecule has 2 aromatic carbocycles. The van der Waals surface area contributed by atoms with Crippen LogP contribution in [-0.2, 0) is 11.9 Å².